The normalized spacial score (nSPS) is 5.65. The van der Waals surface area contributed by atoms with Gasteiger partial charge in [-0.15, -0.1) is 0 Å². The molecule has 4 N–H and O–H groups in total. The molecule has 0 aliphatic rings. The molecule has 13 heteroatoms. The van der Waals surface area contributed by atoms with E-state index in [4.69, 9.17) is 60.0 Å². The number of carboxylic acid groups (broad SMARTS) is 8. The van der Waals surface area contributed by atoms with Crippen LogP contribution in [0.5, 0.6) is 0 Å². The van der Waals surface area contributed by atoms with Crippen LogP contribution in [0.3, 0.4) is 0 Å². The van der Waals surface area contributed by atoms with Crippen molar-refractivity contribution in [2.75, 3.05) is 0 Å². The van der Waals surface area contributed by atoms with Gasteiger partial charge in [-0.2, -0.15) is 0 Å². The second-order valence-electron chi connectivity index (χ2n) is 1.06. The standard InChI is InChI=1S/4CH2O3.Ti/c4*2-1(3)4;/h4*(H2,2,3,4);/q;;;;+4/p-4. The Morgan fingerprint density at radius 2 is 0.529 bits per heavy atom. The van der Waals surface area contributed by atoms with Crippen molar-refractivity contribution in [2.24, 2.45) is 0 Å². The Balaban J connectivity index is -0.0000000369. The molecule has 0 aromatic heterocycles. The van der Waals surface area contributed by atoms with E-state index in [1.807, 2.05) is 0 Å². The van der Waals surface area contributed by atoms with E-state index in [0.29, 0.717) is 0 Å². The van der Waals surface area contributed by atoms with Crippen molar-refractivity contribution < 1.29 is 81.7 Å². The first-order valence-electron chi connectivity index (χ1n) is 2.53. The molecule has 0 aromatic carbocycles. The fourth-order valence-corrected chi connectivity index (χ4v) is 0. The molecule has 12 nitrogen and oxygen atoms in total. The van der Waals surface area contributed by atoms with Crippen LogP contribution in [-0.4, -0.2) is 45.0 Å². The summed E-state index contributed by atoms with van der Waals surface area (Å²) < 4.78 is 0. The van der Waals surface area contributed by atoms with Gasteiger partial charge < -0.3 is 60.0 Å². The Kier molecular flexibility index (Phi) is 40.6. The third-order valence-electron chi connectivity index (χ3n) is 0. The summed E-state index contributed by atoms with van der Waals surface area (Å²) in [5.74, 6) is 0. The Labute approximate surface area is 107 Å². The number of rotatable bonds is 0. The molecule has 0 saturated heterocycles. The Hall–Kier alpha value is -2.21. The van der Waals surface area contributed by atoms with Gasteiger partial charge in [-0.3, -0.25) is 0 Å². The summed E-state index contributed by atoms with van der Waals surface area (Å²) in [6.07, 6.45) is -8.33. The number of hydrogen-bond donors (Lipinski definition) is 4. The van der Waals surface area contributed by atoms with Crippen LogP contribution in [0.2, 0.25) is 0 Å². The number of hydrogen-bond acceptors (Lipinski definition) is 8. The second-order valence-corrected chi connectivity index (χ2v) is 1.06. The first kappa shape index (κ1) is 29.3. The average Bonchev–Trinajstić information content (AvgIpc) is 1.76. The zero-order chi connectivity index (χ0) is 14.3. The van der Waals surface area contributed by atoms with Crippen LogP contribution >= 0.6 is 0 Å². The van der Waals surface area contributed by atoms with Crippen molar-refractivity contribution in [3.05, 3.63) is 0 Å². The molecule has 96 valence electrons. The molecule has 0 aliphatic carbocycles. The van der Waals surface area contributed by atoms with E-state index in [1.165, 1.54) is 0 Å². The molecule has 0 rings (SSSR count). The van der Waals surface area contributed by atoms with Gasteiger partial charge in [0.05, 0.1) is 0 Å². The van der Waals surface area contributed by atoms with Crippen LogP contribution < -0.4 is 20.4 Å². The summed E-state index contributed by atoms with van der Waals surface area (Å²) in [7, 11) is 0. The van der Waals surface area contributed by atoms with Crippen molar-refractivity contribution in [3.8, 4) is 0 Å². The maximum absolute atomic E-state index is 8.44. The minimum Gasteiger partial charge on any atom is -0.565 e. The Morgan fingerprint density at radius 3 is 0.529 bits per heavy atom. The van der Waals surface area contributed by atoms with Gasteiger partial charge in [0.1, 0.15) is 0 Å². The smallest absolute Gasteiger partial charge is 0.565 e. The van der Waals surface area contributed by atoms with Gasteiger partial charge in [0.25, 0.3) is 0 Å². The quantitative estimate of drug-likeness (QED) is 0.309. The zero-order valence-electron chi connectivity index (χ0n) is 7.55. The minimum absolute atomic E-state index is 0. The van der Waals surface area contributed by atoms with Gasteiger partial charge in [0.15, 0.2) is 0 Å². The summed E-state index contributed by atoms with van der Waals surface area (Å²) in [6.45, 7) is 0. The molecule has 0 saturated carbocycles. The van der Waals surface area contributed by atoms with Gasteiger partial charge in [-0.05, 0) is 0 Å². The number of carbonyl (C=O) groups is 4. The van der Waals surface area contributed by atoms with Crippen molar-refractivity contribution in [3.63, 3.8) is 0 Å². The van der Waals surface area contributed by atoms with Crippen molar-refractivity contribution in [1.82, 2.24) is 0 Å². The molecule has 0 amide bonds. The maximum Gasteiger partial charge on any atom is 4.00 e. The Morgan fingerprint density at radius 1 is 0.529 bits per heavy atom. The third-order valence-corrected chi connectivity index (χ3v) is 0. The molecule has 0 bridgehead atoms. The van der Waals surface area contributed by atoms with Crippen molar-refractivity contribution in [1.29, 1.82) is 0 Å². The summed E-state index contributed by atoms with van der Waals surface area (Å²) in [6, 6.07) is 0. The van der Waals surface area contributed by atoms with Crippen LogP contribution in [0.4, 0.5) is 19.2 Å². The van der Waals surface area contributed by atoms with Crippen LogP contribution in [-0.2, 0) is 21.7 Å². The van der Waals surface area contributed by atoms with Crippen LogP contribution in [0.25, 0.3) is 0 Å². The van der Waals surface area contributed by atoms with Crippen LogP contribution in [0, 0.1) is 0 Å². The average molecular weight is 292 g/mol. The predicted octanol–water partition coefficient (Wildman–Crippen LogP) is -4.45. The van der Waals surface area contributed by atoms with E-state index in [2.05, 4.69) is 0 Å². The van der Waals surface area contributed by atoms with Crippen molar-refractivity contribution >= 4 is 24.6 Å². The van der Waals surface area contributed by atoms with Gasteiger partial charge in [0, 0.05) is 0 Å². The van der Waals surface area contributed by atoms with Gasteiger partial charge in [-0.25, -0.2) is 0 Å². The summed E-state index contributed by atoms with van der Waals surface area (Å²) in [5, 5.41) is 61.2. The Bertz CT molecular complexity index is 159. The van der Waals surface area contributed by atoms with E-state index in [-0.39, 0.29) is 21.7 Å². The molecule has 17 heavy (non-hydrogen) atoms. The summed E-state index contributed by atoms with van der Waals surface area (Å²) in [5.41, 5.74) is 0. The summed E-state index contributed by atoms with van der Waals surface area (Å²) >= 11 is 0. The van der Waals surface area contributed by atoms with Gasteiger partial charge in [0.2, 0.25) is 24.6 Å². The maximum atomic E-state index is 8.44. The SMILES string of the molecule is O=C([O-])O.O=C([O-])O.O=C([O-])O.O=C([O-])O.[Ti+4]. The molecular weight excluding hydrogens is 288 g/mol. The zero-order valence-corrected chi connectivity index (χ0v) is 9.12. The molecular formula is C4H4O12Ti. The van der Waals surface area contributed by atoms with E-state index in [9.17, 15) is 0 Å². The molecule has 0 heterocycles. The predicted molar refractivity (Wildman–Crippen MR) is 32.1 cm³/mol. The second kappa shape index (κ2) is 23.5. The van der Waals surface area contributed by atoms with Gasteiger partial charge in [-0.1, -0.05) is 0 Å². The molecule has 0 unspecified atom stereocenters. The van der Waals surface area contributed by atoms with Crippen LogP contribution in [0.15, 0.2) is 0 Å². The molecule has 0 aliphatic heterocycles. The topological polar surface area (TPSA) is 241 Å². The molecule has 0 aromatic rings. The van der Waals surface area contributed by atoms with Gasteiger partial charge >= 0.3 is 21.7 Å². The van der Waals surface area contributed by atoms with Crippen molar-refractivity contribution in [2.45, 2.75) is 0 Å². The fourth-order valence-electron chi connectivity index (χ4n) is 0. The van der Waals surface area contributed by atoms with E-state index in [0.717, 1.165) is 0 Å². The van der Waals surface area contributed by atoms with Crippen LogP contribution in [0.1, 0.15) is 0 Å². The minimum atomic E-state index is -2.08. The molecule has 0 fully saturated rings. The van der Waals surface area contributed by atoms with E-state index in [1.54, 1.807) is 0 Å². The van der Waals surface area contributed by atoms with E-state index >= 15 is 0 Å². The largest absolute Gasteiger partial charge is 4.00 e. The first-order valence-corrected chi connectivity index (χ1v) is 2.53. The first-order chi connectivity index (χ1) is 6.93. The third kappa shape index (κ3) is 394. The summed E-state index contributed by atoms with van der Waals surface area (Å²) in [4.78, 5) is 33.8. The van der Waals surface area contributed by atoms with E-state index < -0.39 is 24.6 Å². The molecule has 0 spiro atoms. The monoisotopic (exact) mass is 292 g/mol. The molecule has 0 radical (unpaired) electrons. The molecule has 0 atom stereocenters. The fraction of sp³-hybridized carbons (Fsp3) is 0.